The van der Waals surface area contributed by atoms with Crippen molar-refractivity contribution in [2.24, 2.45) is 11.1 Å². The molecule has 3 aliphatic rings. The topological polar surface area (TPSA) is 87.0 Å². The van der Waals surface area contributed by atoms with Gasteiger partial charge in [-0.3, -0.25) is 5.10 Å². The van der Waals surface area contributed by atoms with Crippen LogP contribution >= 0.6 is 15.9 Å². The summed E-state index contributed by atoms with van der Waals surface area (Å²) in [5, 5.41) is 7.78. The number of hydrogen-bond donors (Lipinski definition) is 2. The molecule has 0 saturated carbocycles. The van der Waals surface area contributed by atoms with Crippen LogP contribution < -0.4 is 15.5 Å². The molecule has 0 amide bonds. The number of nitrogens with one attached hydrogen (secondary N) is 1. The predicted octanol–water partition coefficient (Wildman–Crippen LogP) is 6.99. The van der Waals surface area contributed by atoms with Crippen LogP contribution in [0.2, 0.25) is 0 Å². The van der Waals surface area contributed by atoms with Crippen molar-refractivity contribution < 1.29 is 8.78 Å². The summed E-state index contributed by atoms with van der Waals surface area (Å²) in [6.45, 7) is 2.51. The third kappa shape index (κ3) is 4.33. The second kappa shape index (κ2) is 10.1. The van der Waals surface area contributed by atoms with Gasteiger partial charge in [0.2, 0.25) is 0 Å². The Morgan fingerprint density at radius 3 is 2.70 bits per heavy atom. The molecule has 0 bridgehead atoms. The van der Waals surface area contributed by atoms with Gasteiger partial charge in [-0.25, -0.2) is 18.7 Å². The highest BCUT2D eigenvalue weighted by atomic mass is 79.9. The third-order valence-electron chi connectivity index (χ3n) is 9.70. The zero-order chi connectivity index (χ0) is 29.3. The van der Waals surface area contributed by atoms with Crippen molar-refractivity contribution in [3.63, 3.8) is 0 Å². The van der Waals surface area contributed by atoms with Crippen molar-refractivity contribution in [1.82, 2.24) is 20.2 Å². The molecule has 4 heterocycles. The Hall–Kier alpha value is -3.89. The molecule has 3 aromatic carbocycles. The van der Waals surface area contributed by atoms with Gasteiger partial charge in [-0.2, -0.15) is 5.10 Å². The van der Waals surface area contributed by atoms with E-state index in [1.54, 1.807) is 6.07 Å². The normalized spacial score (nSPS) is 19.2. The van der Waals surface area contributed by atoms with E-state index >= 15 is 0 Å². The van der Waals surface area contributed by atoms with E-state index in [2.05, 4.69) is 60.2 Å². The van der Waals surface area contributed by atoms with Crippen LogP contribution in [0.1, 0.15) is 42.0 Å². The maximum Gasteiger partial charge on any atom is 0.183 e. The number of aromatic nitrogens is 4. The van der Waals surface area contributed by atoms with E-state index < -0.39 is 11.6 Å². The molecule has 3 N–H and O–H groups in total. The van der Waals surface area contributed by atoms with E-state index in [0.717, 1.165) is 84.7 Å². The summed E-state index contributed by atoms with van der Waals surface area (Å²) < 4.78 is 28.8. The fourth-order valence-electron chi connectivity index (χ4n) is 7.40. The molecule has 1 atom stereocenters. The summed E-state index contributed by atoms with van der Waals surface area (Å²) in [5.74, 6) is -0.137. The molecule has 7 nitrogen and oxygen atoms in total. The van der Waals surface area contributed by atoms with Crippen LogP contribution in [0.15, 0.2) is 65.3 Å². The maximum absolute atomic E-state index is 14.1. The van der Waals surface area contributed by atoms with Crippen molar-refractivity contribution >= 4 is 44.4 Å². The van der Waals surface area contributed by atoms with E-state index in [1.807, 2.05) is 18.3 Å². The fraction of sp³-hybridized carbons (Fsp3) is 0.303. The van der Waals surface area contributed by atoms with Crippen LogP contribution in [0.3, 0.4) is 0 Å². The molecule has 0 radical (unpaired) electrons. The van der Waals surface area contributed by atoms with Crippen LogP contribution in [0.5, 0.6) is 0 Å². The van der Waals surface area contributed by atoms with Crippen molar-refractivity contribution in [3.05, 3.63) is 93.6 Å². The number of rotatable bonds is 3. The van der Waals surface area contributed by atoms with Gasteiger partial charge in [-0.15, -0.1) is 0 Å². The summed E-state index contributed by atoms with van der Waals surface area (Å²) in [5.41, 5.74) is 14.5. The molecule has 43 heavy (non-hydrogen) atoms. The predicted molar refractivity (Wildman–Crippen MR) is 167 cm³/mol. The number of nitrogens with zero attached hydrogens (tertiary/aromatic N) is 5. The van der Waals surface area contributed by atoms with Crippen LogP contribution in [-0.2, 0) is 12.8 Å². The Labute approximate surface area is 256 Å². The first-order valence-electron chi connectivity index (χ1n) is 14.7. The monoisotopic (exact) mass is 641 g/mol. The van der Waals surface area contributed by atoms with Gasteiger partial charge in [0.25, 0.3) is 0 Å². The first kappa shape index (κ1) is 26.7. The lowest BCUT2D eigenvalue weighted by Crippen LogP contribution is -2.44. The number of H-pyrrole nitrogens is 1. The largest absolute Gasteiger partial charge is 0.355 e. The van der Waals surface area contributed by atoms with Gasteiger partial charge in [0.05, 0.1) is 6.20 Å². The quantitative estimate of drug-likeness (QED) is 0.221. The lowest BCUT2D eigenvalue weighted by Gasteiger charge is -2.42. The van der Waals surface area contributed by atoms with E-state index in [9.17, 15) is 8.78 Å². The van der Waals surface area contributed by atoms with Gasteiger partial charge in [0, 0.05) is 35.8 Å². The van der Waals surface area contributed by atoms with Gasteiger partial charge in [0.1, 0.15) is 5.82 Å². The van der Waals surface area contributed by atoms with Gasteiger partial charge in [-0.1, -0.05) is 40.2 Å². The van der Waals surface area contributed by atoms with Crippen molar-refractivity contribution in [1.29, 1.82) is 0 Å². The molecular formula is C33H30BrF2N7. The number of halogens is 3. The van der Waals surface area contributed by atoms with Crippen LogP contribution in [0.25, 0.3) is 22.3 Å². The number of anilines is 3. The van der Waals surface area contributed by atoms with E-state index in [1.165, 1.54) is 23.3 Å². The molecule has 10 heteroatoms. The first-order chi connectivity index (χ1) is 20.9. The molecule has 1 saturated heterocycles. The molecule has 5 aromatic rings. The standard InChI is InChI=1S/C33H30BrF2N7/c34-21-8-6-20-17-33(30(37)24(20)16-21)10-13-42(14-11-33)28-18-38-29-31(39-28)40-41-32(29)43-12-2-4-23-22(3-1-5-27(23)43)19-7-9-25(35)26(36)15-19/h1,3,5-9,15-16,18,30H,2,4,10-14,17,37H2,(H,39,40,41)/t30-/m1/s1. The highest BCUT2D eigenvalue weighted by molar-refractivity contribution is 9.10. The highest BCUT2D eigenvalue weighted by Gasteiger charge is 2.46. The molecule has 8 rings (SSSR count). The molecule has 1 aliphatic carbocycles. The summed E-state index contributed by atoms with van der Waals surface area (Å²) in [6, 6.07) is 16.6. The number of fused-ring (bicyclic) bond motifs is 3. The summed E-state index contributed by atoms with van der Waals surface area (Å²) in [6.07, 6.45) is 6.60. The van der Waals surface area contributed by atoms with Crippen LogP contribution in [-0.4, -0.2) is 39.8 Å². The summed E-state index contributed by atoms with van der Waals surface area (Å²) >= 11 is 3.60. The SMILES string of the molecule is N[C@@H]1c2cc(Br)ccc2CC12CCN(c1cnc3c(N4CCCc5c(-c6ccc(F)c(F)c6)cccc54)n[nH]c3n1)CC2. The molecular weight excluding hydrogens is 612 g/mol. The number of nitrogens with two attached hydrogens (primary N) is 1. The summed E-state index contributed by atoms with van der Waals surface area (Å²) in [7, 11) is 0. The number of benzene rings is 3. The second-order valence-corrected chi connectivity index (χ2v) is 12.9. The Kier molecular flexibility index (Phi) is 6.27. The van der Waals surface area contributed by atoms with E-state index in [-0.39, 0.29) is 11.5 Å². The second-order valence-electron chi connectivity index (χ2n) is 12.0. The van der Waals surface area contributed by atoms with Gasteiger partial charge in [0.15, 0.2) is 28.6 Å². The zero-order valence-corrected chi connectivity index (χ0v) is 25.0. The van der Waals surface area contributed by atoms with Crippen LogP contribution in [0.4, 0.5) is 26.1 Å². The Balaban J connectivity index is 1.05. The number of piperidine rings is 1. The fourth-order valence-corrected chi connectivity index (χ4v) is 7.78. The van der Waals surface area contributed by atoms with E-state index in [0.29, 0.717) is 16.7 Å². The van der Waals surface area contributed by atoms with E-state index in [4.69, 9.17) is 15.7 Å². The molecule has 2 aromatic heterocycles. The Bertz CT molecular complexity index is 1880. The van der Waals surface area contributed by atoms with Crippen molar-refractivity contribution in [3.8, 4) is 11.1 Å². The Morgan fingerprint density at radius 2 is 1.86 bits per heavy atom. The average Bonchev–Trinajstić information content (AvgIpc) is 3.56. The minimum Gasteiger partial charge on any atom is -0.355 e. The molecule has 218 valence electrons. The Morgan fingerprint density at radius 1 is 1.00 bits per heavy atom. The lowest BCUT2D eigenvalue weighted by atomic mass is 9.73. The lowest BCUT2D eigenvalue weighted by molar-refractivity contribution is 0.187. The van der Waals surface area contributed by atoms with Gasteiger partial charge >= 0.3 is 0 Å². The smallest absolute Gasteiger partial charge is 0.183 e. The van der Waals surface area contributed by atoms with Crippen molar-refractivity contribution in [2.45, 2.75) is 38.1 Å². The molecule has 1 spiro atoms. The minimum atomic E-state index is -0.847. The summed E-state index contributed by atoms with van der Waals surface area (Å²) in [4.78, 5) is 14.2. The van der Waals surface area contributed by atoms with Gasteiger partial charge < -0.3 is 15.5 Å². The molecule has 2 aliphatic heterocycles. The number of aromatic amines is 1. The maximum atomic E-state index is 14.1. The van der Waals surface area contributed by atoms with Gasteiger partial charge in [-0.05, 0) is 95.7 Å². The first-order valence-corrected chi connectivity index (χ1v) is 15.5. The zero-order valence-electron chi connectivity index (χ0n) is 23.5. The number of hydrogen-bond acceptors (Lipinski definition) is 6. The van der Waals surface area contributed by atoms with Crippen LogP contribution in [0, 0.1) is 17.0 Å². The highest BCUT2D eigenvalue weighted by Crippen LogP contribution is 2.51. The average molecular weight is 643 g/mol. The molecule has 1 fully saturated rings. The van der Waals surface area contributed by atoms with Crippen molar-refractivity contribution in [2.75, 3.05) is 29.4 Å². The molecule has 0 unspecified atom stereocenters. The third-order valence-corrected chi connectivity index (χ3v) is 10.2. The minimum absolute atomic E-state index is 0.0425.